The maximum Gasteiger partial charge on any atom is 0.309 e. The summed E-state index contributed by atoms with van der Waals surface area (Å²) in [6.45, 7) is 1.68. The number of sulfonamides is 1. The third kappa shape index (κ3) is 4.73. The molecule has 174 valence electrons. The van der Waals surface area contributed by atoms with E-state index in [-0.39, 0.29) is 16.8 Å². The van der Waals surface area contributed by atoms with Gasteiger partial charge in [0.15, 0.2) is 0 Å². The molecule has 0 aliphatic rings. The highest BCUT2D eigenvalue weighted by atomic mass is 32.2. The Bertz CT molecular complexity index is 1630. The Morgan fingerprint density at radius 2 is 1.69 bits per heavy atom. The first kappa shape index (κ1) is 22.2. The molecule has 1 amide bonds. The quantitative estimate of drug-likeness (QED) is 0.358. The number of carbonyl (C=O) groups excluding carboxylic acids is 1. The molecule has 10 heteroatoms. The average Bonchev–Trinajstić information content (AvgIpc) is 3.27. The Morgan fingerprint density at radius 3 is 2.40 bits per heavy atom. The molecule has 0 aliphatic carbocycles. The number of nitrogens with zero attached hydrogens (tertiary/aromatic N) is 3. The SMILES string of the molecule is Cc1coc(NS(=O)(=O)c2ccc(NC(=O)c3cc(-c4ccccn4)nc4ccccc34)cc2)n1. The molecule has 0 aliphatic heterocycles. The Kier molecular flexibility index (Phi) is 5.71. The van der Waals surface area contributed by atoms with Crippen LogP contribution in [0.5, 0.6) is 0 Å². The molecule has 0 saturated heterocycles. The molecule has 3 heterocycles. The predicted molar refractivity (Wildman–Crippen MR) is 131 cm³/mol. The van der Waals surface area contributed by atoms with Crippen LogP contribution < -0.4 is 10.0 Å². The highest BCUT2D eigenvalue weighted by Crippen LogP contribution is 2.25. The Morgan fingerprint density at radius 1 is 0.914 bits per heavy atom. The van der Waals surface area contributed by atoms with Crippen LogP contribution in [0.15, 0.2) is 94.6 Å². The number of carbonyl (C=O) groups is 1. The van der Waals surface area contributed by atoms with Crippen LogP contribution in [0.2, 0.25) is 0 Å². The molecule has 0 bridgehead atoms. The summed E-state index contributed by atoms with van der Waals surface area (Å²) >= 11 is 0. The van der Waals surface area contributed by atoms with E-state index in [0.29, 0.717) is 39.2 Å². The van der Waals surface area contributed by atoms with Gasteiger partial charge in [-0.05, 0) is 55.5 Å². The van der Waals surface area contributed by atoms with Gasteiger partial charge in [0.1, 0.15) is 6.26 Å². The Hall–Kier alpha value is -4.57. The summed E-state index contributed by atoms with van der Waals surface area (Å²) < 4.78 is 32.5. The van der Waals surface area contributed by atoms with Gasteiger partial charge in [0.05, 0.1) is 33.1 Å². The summed E-state index contributed by atoms with van der Waals surface area (Å²) in [6.07, 6.45) is 3.01. The van der Waals surface area contributed by atoms with Crippen molar-refractivity contribution in [3.63, 3.8) is 0 Å². The minimum atomic E-state index is -3.90. The standard InChI is InChI=1S/C25H19N5O4S/c1-16-15-34-25(27-16)30-35(32,33)18-11-9-17(10-12-18)28-24(31)20-14-23(22-8-4-5-13-26-22)29-21-7-3-2-6-19(20)21/h2-15H,1H3,(H,27,30)(H,28,31). The molecule has 35 heavy (non-hydrogen) atoms. The average molecular weight is 486 g/mol. The smallest absolute Gasteiger partial charge is 0.309 e. The number of aromatic nitrogens is 3. The predicted octanol–water partition coefficient (Wildman–Crippen LogP) is 4.65. The molecule has 0 saturated carbocycles. The monoisotopic (exact) mass is 485 g/mol. The van der Waals surface area contributed by atoms with E-state index < -0.39 is 10.0 Å². The van der Waals surface area contributed by atoms with Gasteiger partial charge in [0.2, 0.25) is 0 Å². The molecule has 0 spiro atoms. The molecule has 2 N–H and O–H groups in total. The van der Waals surface area contributed by atoms with E-state index in [1.165, 1.54) is 30.5 Å². The summed E-state index contributed by atoms with van der Waals surface area (Å²) in [5.74, 6) is -0.357. The lowest BCUT2D eigenvalue weighted by molar-refractivity contribution is 0.102. The second-order valence-corrected chi connectivity index (χ2v) is 9.35. The second kappa shape index (κ2) is 8.99. The number of nitrogens with one attached hydrogen (secondary N) is 2. The van der Waals surface area contributed by atoms with Crippen molar-refractivity contribution in [2.45, 2.75) is 11.8 Å². The number of fused-ring (bicyclic) bond motifs is 1. The van der Waals surface area contributed by atoms with E-state index in [1.807, 2.05) is 42.5 Å². The molecule has 0 fully saturated rings. The van der Waals surface area contributed by atoms with E-state index in [2.05, 4.69) is 25.0 Å². The minimum Gasteiger partial charge on any atom is -0.431 e. The van der Waals surface area contributed by atoms with Crippen molar-refractivity contribution in [1.82, 2.24) is 15.0 Å². The number of para-hydroxylation sites is 1. The topological polar surface area (TPSA) is 127 Å². The molecule has 0 unspecified atom stereocenters. The molecule has 0 radical (unpaired) electrons. The first-order valence-electron chi connectivity index (χ1n) is 10.6. The van der Waals surface area contributed by atoms with Crippen LogP contribution in [-0.2, 0) is 10.0 Å². The van der Waals surface area contributed by atoms with Crippen molar-refractivity contribution in [3.8, 4) is 11.4 Å². The number of oxazole rings is 1. The van der Waals surface area contributed by atoms with Crippen molar-refractivity contribution < 1.29 is 17.6 Å². The van der Waals surface area contributed by atoms with Gasteiger partial charge in [-0.15, -0.1) is 0 Å². The molecule has 2 aromatic carbocycles. The Labute approximate surface area is 200 Å². The van der Waals surface area contributed by atoms with Crippen LogP contribution in [0.1, 0.15) is 16.1 Å². The van der Waals surface area contributed by atoms with E-state index in [4.69, 9.17) is 4.42 Å². The third-order valence-corrected chi connectivity index (χ3v) is 6.49. The summed E-state index contributed by atoms with van der Waals surface area (Å²) in [5.41, 5.74) is 3.29. The van der Waals surface area contributed by atoms with Gasteiger partial charge >= 0.3 is 6.01 Å². The number of amides is 1. The summed E-state index contributed by atoms with van der Waals surface area (Å²) in [7, 11) is -3.90. The molecule has 0 atom stereocenters. The fourth-order valence-corrected chi connectivity index (χ4v) is 4.44. The van der Waals surface area contributed by atoms with Crippen molar-refractivity contribution >= 4 is 38.5 Å². The van der Waals surface area contributed by atoms with Crippen LogP contribution in [0.3, 0.4) is 0 Å². The molecule has 9 nitrogen and oxygen atoms in total. The lowest BCUT2D eigenvalue weighted by Gasteiger charge is -2.11. The second-order valence-electron chi connectivity index (χ2n) is 7.67. The van der Waals surface area contributed by atoms with E-state index in [0.717, 1.165) is 0 Å². The number of aryl methyl sites for hydroxylation is 1. The highest BCUT2D eigenvalue weighted by molar-refractivity contribution is 7.92. The largest absolute Gasteiger partial charge is 0.431 e. The maximum atomic E-state index is 13.2. The van der Waals surface area contributed by atoms with Crippen molar-refractivity contribution in [1.29, 1.82) is 0 Å². The lowest BCUT2D eigenvalue weighted by atomic mass is 10.1. The van der Waals surface area contributed by atoms with Crippen LogP contribution >= 0.6 is 0 Å². The highest BCUT2D eigenvalue weighted by Gasteiger charge is 2.18. The summed E-state index contributed by atoms with van der Waals surface area (Å²) in [6, 6.07) is 20.2. The first-order valence-corrected chi connectivity index (χ1v) is 12.0. The van der Waals surface area contributed by atoms with Crippen LogP contribution in [0.25, 0.3) is 22.3 Å². The van der Waals surface area contributed by atoms with Gasteiger partial charge in [0.25, 0.3) is 15.9 Å². The zero-order valence-electron chi connectivity index (χ0n) is 18.5. The Balaban J connectivity index is 1.41. The van der Waals surface area contributed by atoms with Crippen molar-refractivity contribution in [2.75, 3.05) is 10.0 Å². The number of hydrogen-bond donors (Lipinski definition) is 2. The molecule has 3 aromatic heterocycles. The zero-order valence-corrected chi connectivity index (χ0v) is 19.3. The van der Waals surface area contributed by atoms with Crippen LogP contribution in [0.4, 0.5) is 11.7 Å². The van der Waals surface area contributed by atoms with E-state index >= 15 is 0 Å². The molecule has 5 rings (SSSR count). The molecular formula is C25H19N5O4S. The number of benzene rings is 2. The normalized spacial score (nSPS) is 11.3. The fourth-order valence-electron chi connectivity index (χ4n) is 3.50. The van der Waals surface area contributed by atoms with Crippen molar-refractivity contribution in [3.05, 3.63) is 96.5 Å². The minimum absolute atomic E-state index is 0.00171. The van der Waals surface area contributed by atoms with Gasteiger partial charge < -0.3 is 9.73 Å². The lowest BCUT2D eigenvalue weighted by Crippen LogP contribution is -2.15. The molecular weight excluding hydrogens is 466 g/mol. The number of rotatable bonds is 6. The van der Waals surface area contributed by atoms with Gasteiger partial charge in [-0.25, -0.2) is 18.1 Å². The number of pyridine rings is 2. The number of anilines is 2. The van der Waals surface area contributed by atoms with Crippen molar-refractivity contribution in [2.24, 2.45) is 0 Å². The number of hydrogen-bond acceptors (Lipinski definition) is 7. The zero-order chi connectivity index (χ0) is 24.4. The van der Waals surface area contributed by atoms with Gasteiger partial charge in [-0.1, -0.05) is 24.3 Å². The molecule has 5 aromatic rings. The van der Waals surface area contributed by atoms with Gasteiger partial charge in [-0.3, -0.25) is 9.78 Å². The summed E-state index contributed by atoms with van der Waals surface area (Å²) in [5, 5.41) is 3.52. The fraction of sp³-hybridized carbons (Fsp3) is 0.0400. The maximum absolute atomic E-state index is 13.2. The van der Waals surface area contributed by atoms with E-state index in [1.54, 1.807) is 19.2 Å². The van der Waals surface area contributed by atoms with E-state index in [9.17, 15) is 13.2 Å². The first-order chi connectivity index (χ1) is 16.9. The van der Waals surface area contributed by atoms with Crippen LogP contribution in [0, 0.1) is 6.92 Å². The van der Waals surface area contributed by atoms with Gasteiger partial charge in [0, 0.05) is 17.3 Å². The third-order valence-electron chi connectivity index (χ3n) is 5.15. The van der Waals surface area contributed by atoms with Gasteiger partial charge in [-0.2, -0.15) is 4.98 Å². The van der Waals surface area contributed by atoms with Crippen LogP contribution in [-0.4, -0.2) is 29.3 Å². The summed E-state index contributed by atoms with van der Waals surface area (Å²) in [4.78, 5) is 26.1.